The Labute approximate surface area is 183 Å². The van der Waals surface area contributed by atoms with Crippen LogP contribution >= 0.6 is 23.5 Å². The van der Waals surface area contributed by atoms with Crippen LogP contribution in [0, 0.1) is 6.92 Å². The zero-order valence-corrected chi connectivity index (χ0v) is 19.2. The van der Waals surface area contributed by atoms with Gasteiger partial charge in [0.1, 0.15) is 18.1 Å². The van der Waals surface area contributed by atoms with Crippen molar-refractivity contribution in [3.05, 3.63) is 59.2 Å². The van der Waals surface area contributed by atoms with E-state index in [-0.39, 0.29) is 17.8 Å². The lowest BCUT2D eigenvalue weighted by molar-refractivity contribution is -0.119. The predicted molar refractivity (Wildman–Crippen MR) is 123 cm³/mol. The van der Waals surface area contributed by atoms with Crippen molar-refractivity contribution in [2.24, 2.45) is 0 Å². The van der Waals surface area contributed by atoms with E-state index in [0.717, 1.165) is 12.2 Å². The van der Waals surface area contributed by atoms with Crippen molar-refractivity contribution in [1.29, 1.82) is 0 Å². The number of ketones is 1. The standard InChI is InChI=1S/C23H30ClNO3S/c1-17-14-21(27-13-5-12-24)10-11-22(17)23(2,3)18-6-8-20(9-7-18)28-16-19(26)15-25-29-4/h6-11,14,25H,5,12-13,15-16H2,1-4H3. The Hall–Kier alpha value is -1.69. The number of halogens is 1. The summed E-state index contributed by atoms with van der Waals surface area (Å²) in [5.41, 5.74) is 3.44. The predicted octanol–water partition coefficient (Wildman–Crippen LogP) is 5.14. The third kappa shape index (κ3) is 6.95. The minimum Gasteiger partial charge on any atom is -0.494 e. The molecule has 0 fully saturated rings. The molecule has 2 aromatic rings. The number of aryl methyl sites for hydroxylation is 1. The number of benzene rings is 2. The number of hydrogen-bond donors (Lipinski definition) is 1. The van der Waals surface area contributed by atoms with E-state index in [1.807, 2.05) is 24.5 Å². The van der Waals surface area contributed by atoms with Crippen LogP contribution in [0.3, 0.4) is 0 Å². The molecule has 4 nitrogen and oxygen atoms in total. The quantitative estimate of drug-likeness (QED) is 0.284. The molecule has 0 saturated carbocycles. The molecule has 0 unspecified atom stereocenters. The van der Waals surface area contributed by atoms with Crippen molar-refractivity contribution >= 4 is 29.3 Å². The van der Waals surface area contributed by atoms with Crippen LogP contribution in [0.2, 0.25) is 0 Å². The van der Waals surface area contributed by atoms with E-state index >= 15 is 0 Å². The Morgan fingerprint density at radius 2 is 1.79 bits per heavy atom. The minimum atomic E-state index is -0.171. The highest BCUT2D eigenvalue weighted by Crippen LogP contribution is 2.35. The third-order valence-corrected chi connectivity index (χ3v) is 5.51. The van der Waals surface area contributed by atoms with Gasteiger partial charge in [0.25, 0.3) is 0 Å². The zero-order valence-electron chi connectivity index (χ0n) is 17.6. The highest BCUT2D eigenvalue weighted by atomic mass is 35.5. The fourth-order valence-corrected chi connectivity index (χ4v) is 3.58. The number of rotatable bonds is 12. The van der Waals surface area contributed by atoms with Gasteiger partial charge in [-0.05, 0) is 60.6 Å². The Morgan fingerprint density at radius 3 is 2.41 bits per heavy atom. The van der Waals surface area contributed by atoms with E-state index in [9.17, 15) is 4.79 Å². The molecule has 0 spiro atoms. The highest BCUT2D eigenvalue weighted by molar-refractivity contribution is 7.96. The van der Waals surface area contributed by atoms with Gasteiger partial charge in [-0.2, -0.15) is 0 Å². The van der Waals surface area contributed by atoms with Crippen molar-refractivity contribution in [1.82, 2.24) is 4.72 Å². The van der Waals surface area contributed by atoms with E-state index in [4.69, 9.17) is 21.1 Å². The van der Waals surface area contributed by atoms with Crippen LogP contribution in [0.4, 0.5) is 0 Å². The van der Waals surface area contributed by atoms with Gasteiger partial charge in [-0.25, -0.2) is 0 Å². The van der Waals surface area contributed by atoms with Gasteiger partial charge in [0.05, 0.1) is 13.2 Å². The Morgan fingerprint density at radius 1 is 1.10 bits per heavy atom. The van der Waals surface area contributed by atoms with Gasteiger partial charge in [-0.1, -0.05) is 44.0 Å². The summed E-state index contributed by atoms with van der Waals surface area (Å²) in [6.45, 7) is 7.52. The average molecular weight is 436 g/mol. The fourth-order valence-electron chi connectivity index (χ4n) is 3.16. The molecule has 2 rings (SSSR count). The second-order valence-corrected chi connectivity index (χ2v) is 8.44. The van der Waals surface area contributed by atoms with E-state index < -0.39 is 0 Å². The number of nitrogens with one attached hydrogen (secondary N) is 1. The Balaban J connectivity index is 2.05. The molecule has 0 heterocycles. The second kappa shape index (κ2) is 11.5. The highest BCUT2D eigenvalue weighted by Gasteiger charge is 2.25. The van der Waals surface area contributed by atoms with Crippen LogP contribution in [-0.4, -0.2) is 37.7 Å². The fraction of sp³-hybridized carbons (Fsp3) is 0.435. The molecule has 0 aliphatic heterocycles. The molecule has 29 heavy (non-hydrogen) atoms. The maximum Gasteiger partial charge on any atom is 0.184 e. The van der Waals surface area contributed by atoms with Crippen molar-refractivity contribution in [2.75, 3.05) is 31.9 Å². The van der Waals surface area contributed by atoms with Crippen LogP contribution in [0.5, 0.6) is 11.5 Å². The molecule has 0 radical (unpaired) electrons. The van der Waals surface area contributed by atoms with E-state index in [0.29, 0.717) is 24.8 Å². The number of alkyl halides is 1. The van der Waals surface area contributed by atoms with E-state index in [1.165, 1.54) is 28.6 Å². The second-order valence-electron chi connectivity index (χ2n) is 7.37. The summed E-state index contributed by atoms with van der Waals surface area (Å²) in [6, 6.07) is 14.2. The maximum atomic E-state index is 11.7. The topological polar surface area (TPSA) is 47.6 Å². The summed E-state index contributed by atoms with van der Waals surface area (Å²) in [4.78, 5) is 11.7. The average Bonchev–Trinajstić information content (AvgIpc) is 2.71. The SMILES string of the molecule is CSNCC(=O)COc1ccc(C(C)(C)c2ccc(OCCCCl)cc2C)cc1. The third-order valence-electron chi connectivity index (χ3n) is 4.81. The lowest BCUT2D eigenvalue weighted by Gasteiger charge is -2.28. The number of carbonyl (C=O) groups excluding carboxylic acids is 1. The van der Waals surface area contributed by atoms with E-state index in [1.54, 1.807) is 0 Å². The molecule has 0 aliphatic rings. The summed E-state index contributed by atoms with van der Waals surface area (Å²) in [7, 11) is 0. The minimum absolute atomic E-state index is 0.0211. The van der Waals surface area contributed by atoms with E-state index in [2.05, 4.69) is 49.8 Å². The molecule has 0 saturated heterocycles. The van der Waals surface area contributed by atoms with Crippen molar-refractivity contribution < 1.29 is 14.3 Å². The maximum absolute atomic E-state index is 11.7. The molecule has 2 aromatic carbocycles. The molecule has 6 heteroatoms. The Bertz CT molecular complexity index is 793. The normalized spacial score (nSPS) is 11.3. The number of Topliss-reactive ketones (excluding diaryl/α,β-unsaturated/α-hetero) is 1. The van der Waals surface area contributed by atoms with Gasteiger partial charge in [0, 0.05) is 11.3 Å². The zero-order chi connectivity index (χ0) is 21.3. The van der Waals surface area contributed by atoms with Gasteiger partial charge < -0.3 is 9.47 Å². The van der Waals surface area contributed by atoms with Crippen molar-refractivity contribution in [2.45, 2.75) is 32.6 Å². The first-order valence-corrected chi connectivity index (χ1v) is 11.4. The number of ether oxygens (including phenoxy) is 2. The summed E-state index contributed by atoms with van der Waals surface area (Å²) in [5.74, 6) is 2.19. The smallest absolute Gasteiger partial charge is 0.184 e. The summed E-state index contributed by atoms with van der Waals surface area (Å²) >= 11 is 7.13. The number of carbonyl (C=O) groups is 1. The summed E-state index contributed by atoms with van der Waals surface area (Å²) in [6.07, 6.45) is 2.72. The first-order chi connectivity index (χ1) is 13.9. The number of hydrogen-bond acceptors (Lipinski definition) is 5. The lowest BCUT2D eigenvalue weighted by Crippen LogP contribution is -2.22. The van der Waals surface area contributed by atoms with Gasteiger partial charge >= 0.3 is 0 Å². The van der Waals surface area contributed by atoms with Crippen LogP contribution in [0.15, 0.2) is 42.5 Å². The van der Waals surface area contributed by atoms with Gasteiger partial charge in [-0.3, -0.25) is 9.52 Å². The van der Waals surface area contributed by atoms with Crippen molar-refractivity contribution in [3.63, 3.8) is 0 Å². The molecule has 0 amide bonds. The molecule has 0 aliphatic carbocycles. The summed E-state index contributed by atoms with van der Waals surface area (Å²) in [5, 5.41) is 0. The molecular formula is C23H30ClNO3S. The summed E-state index contributed by atoms with van der Waals surface area (Å²) < 4.78 is 14.3. The first-order valence-electron chi connectivity index (χ1n) is 9.69. The molecule has 1 N–H and O–H groups in total. The van der Waals surface area contributed by atoms with Crippen LogP contribution in [0.1, 0.15) is 37.0 Å². The van der Waals surface area contributed by atoms with Gasteiger partial charge in [-0.15, -0.1) is 11.6 Å². The van der Waals surface area contributed by atoms with Crippen LogP contribution in [-0.2, 0) is 10.2 Å². The molecule has 0 bridgehead atoms. The van der Waals surface area contributed by atoms with Crippen LogP contribution < -0.4 is 14.2 Å². The van der Waals surface area contributed by atoms with Crippen LogP contribution in [0.25, 0.3) is 0 Å². The van der Waals surface area contributed by atoms with Gasteiger partial charge in [0.2, 0.25) is 0 Å². The Kier molecular flexibility index (Phi) is 9.34. The van der Waals surface area contributed by atoms with Gasteiger partial charge in [0.15, 0.2) is 5.78 Å². The monoisotopic (exact) mass is 435 g/mol. The lowest BCUT2D eigenvalue weighted by atomic mass is 9.76. The molecular weight excluding hydrogens is 406 g/mol. The molecule has 0 atom stereocenters. The van der Waals surface area contributed by atoms with Crippen molar-refractivity contribution in [3.8, 4) is 11.5 Å². The first kappa shape index (κ1) is 23.6. The molecule has 158 valence electrons. The largest absolute Gasteiger partial charge is 0.494 e. The molecule has 0 aromatic heterocycles.